The number of ether oxygens (including phenoxy) is 2. The van der Waals surface area contributed by atoms with Crippen molar-refractivity contribution >= 4 is 51.5 Å². The van der Waals surface area contributed by atoms with Gasteiger partial charge in [-0.1, -0.05) is 23.7 Å². The third-order valence-electron chi connectivity index (χ3n) is 4.11. The molecule has 30 heavy (non-hydrogen) atoms. The van der Waals surface area contributed by atoms with Gasteiger partial charge in [-0.2, -0.15) is 0 Å². The van der Waals surface area contributed by atoms with Crippen LogP contribution in [0.1, 0.15) is 11.1 Å². The van der Waals surface area contributed by atoms with E-state index in [1.807, 2.05) is 12.1 Å². The Morgan fingerprint density at radius 2 is 1.97 bits per heavy atom. The number of aliphatic carboxylic acids is 1. The maximum atomic E-state index is 12.3. The number of carboxylic acid groups (broad SMARTS) is 1. The Balaban J connectivity index is 1.82. The number of carboxylic acids is 1. The van der Waals surface area contributed by atoms with Gasteiger partial charge in [0, 0.05) is 5.02 Å². The molecule has 0 bridgehead atoms. The molecule has 0 aliphatic carbocycles. The van der Waals surface area contributed by atoms with E-state index in [1.54, 1.807) is 24.3 Å². The minimum Gasteiger partial charge on any atom is -0.493 e. The van der Waals surface area contributed by atoms with Gasteiger partial charge >= 0.3 is 12.0 Å². The van der Waals surface area contributed by atoms with E-state index in [2.05, 4.69) is 21.2 Å². The Morgan fingerprint density at radius 3 is 2.60 bits per heavy atom. The van der Waals surface area contributed by atoms with Gasteiger partial charge in [-0.15, -0.1) is 0 Å². The van der Waals surface area contributed by atoms with E-state index < -0.39 is 24.5 Å². The fourth-order valence-corrected chi connectivity index (χ4v) is 3.42. The summed E-state index contributed by atoms with van der Waals surface area (Å²) in [5, 5.41) is 11.8. The Labute approximate surface area is 185 Å². The van der Waals surface area contributed by atoms with Crippen LogP contribution in [0.4, 0.5) is 4.79 Å². The fraction of sp³-hybridized carbons (Fsp3) is 0.150. The molecular weight excluding hydrogens is 480 g/mol. The first-order valence-electron chi connectivity index (χ1n) is 8.59. The van der Waals surface area contributed by atoms with Crippen molar-refractivity contribution in [3.8, 4) is 11.5 Å². The largest absolute Gasteiger partial charge is 0.493 e. The van der Waals surface area contributed by atoms with Crippen molar-refractivity contribution in [3.05, 3.63) is 62.7 Å². The highest BCUT2D eigenvalue weighted by Crippen LogP contribution is 2.38. The second kappa shape index (κ2) is 9.19. The molecule has 0 atom stereocenters. The number of amides is 3. The van der Waals surface area contributed by atoms with Crippen LogP contribution in [-0.2, 0) is 16.2 Å². The first-order chi connectivity index (χ1) is 14.3. The van der Waals surface area contributed by atoms with Gasteiger partial charge in [0.15, 0.2) is 11.5 Å². The molecule has 3 rings (SSSR count). The summed E-state index contributed by atoms with van der Waals surface area (Å²) >= 11 is 9.32. The van der Waals surface area contributed by atoms with Gasteiger partial charge in [0.1, 0.15) is 18.8 Å². The van der Waals surface area contributed by atoms with Gasteiger partial charge in [0.2, 0.25) is 0 Å². The summed E-state index contributed by atoms with van der Waals surface area (Å²) in [6.45, 7) is -0.433. The summed E-state index contributed by atoms with van der Waals surface area (Å²) in [7, 11) is 1.48. The highest BCUT2D eigenvalue weighted by molar-refractivity contribution is 9.10. The molecule has 0 aromatic heterocycles. The van der Waals surface area contributed by atoms with E-state index in [0.717, 1.165) is 5.56 Å². The van der Waals surface area contributed by atoms with E-state index in [-0.39, 0.29) is 12.3 Å². The van der Waals surface area contributed by atoms with Crippen LogP contribution in [0.2, 0.25) is 5.02 Å². The molecule has 1 saturated heterocycles. The number of methoxy groups -OCH3 is 1. The number of nitrogens with zero attached hydrogens (tertiary/aromatic N) is 1. The molecular formula is C20H16BrClN2O6. The van der Waals surface area contributed by atoms with Crippen LogP contribution in [0.25, 0.3) is 6.08 Å². The molecule has 1 heterocycles. The molecule has 8 nitrogen and oxygen atoms in total. The van der Waals surface area contributed by atoms with Crippen molar-refractivity contribution in [2.24, 2.45) is 0 Å². The topological polar surface area (TPSA) is 105 Å². The van der Waals surface area contributed by atoms with Crippen molar-refractivity contribution in [2.75, 3.05) is 13.7 Å². The first-order valence-corrected chi connectivity index (χ1v) is 9.76. The SMILES string of the molecule is COc1cc(/C=C2/NC(=O)N(CC(=O)O)C2=O)cc(Br)c1OCc1ccc(Cl)cc1. The van der Waals surface area contributed by atoms with Gasteiger partial charge in [-0.3, -0.25) is 9.59 Å². The minimum absolute atomic E-state index is 0.0370. The number of rotatable bonds is 7. The van der Waals surface area contributed by atoms with Crippen LogP contribution >= 0.6 is 27.5 Å². The monoisotopic (exact) mass is 494 g/mol. The van der Waals surface area contributed by atoms with E-state index >= 15 is 0 Å². The summed E-state index contributed by atoms with van der Waals surface area (Å²) in [5.74, 6) is -1.14. The summed E-state index contributed by atoms with van der Waals surface area (Å²) in [4.78, 5) is 35.5. The lowest BCUT2D eigenvalue weighted by atomic mass is 10.1. The summed E-state index contributed by atoms with van der Waals surface area (Å²) in [5.41, 5.74) is 1.42. The maximum absolute atomic E-state index is 12.3. The number of nitrogens with one attached hydrogen (secondary N) is 1. The van der Waals surface area contributed by atoms with Crippen LogP contribution in [0, 0.1) is 0 Å². The maximum Gasteiger partial charge on any atom is 0.329 e. The minimum atomic E-state index is -1.29. The van der Waals surface area contributed by atoms with Crippen molar-refractivity contribution in [3.63, 3.8) is 0 Å². The standard InChI is InChI=1S/C20H16BrClN2O6/c1-29-16-8-12(7-15-19(27)24(9-17(25)26)20(28)23-15)6-14(21)18(16)30-10-11-2-4-13(22)5-3-11/h2-8H,9-10H2,1H3,(H,23,28)(H,25,26)/b15-7+. The van der Waals surface area contributed by atoms with E-state index in [1.165, 1.54) is 13.2 Å². The molecule has 0 radical (unpaired) electrons. The Kier molecular flexibility index (Phi) is 6.63. The van der Waals surface area contributed by atoms with E-state index in [9.17, 15) is 14.4 Å². The Hall–Kier alpha value is -3.04. The van der Waals surface area contributed by atoms with Crippen LogP contribution < -0.4 is 14.8 Å². The van der Waals surface area contributed by atoms with E-state index in [4.69, 9.17) is 26.2 Å². The molecule has 2 N–H and O–H groups in total. The molecule has 0 saturated carbocycles. The zero-order valence-electron chi connectivity index (χ0n) is 15.6. The molecule has 156 valence electrons. The highest BCUT2D eigenvalue weighted by atomic mass is 79.9. The second-order valence-electron chi connectivity index (χ2n) is 6.22. The lowest BCUT2D eigenvalue weighted by Gasteiger charge is -2.14. The smallest absolute Gasteiger partial charge is 0.329 e. The van der Waals surface area contributed by atoms with Gasteiger partial charge < -0.3 is 19.9 Å². The summed E-state index contributed by atoms with van der Waals surface area (Å²) in [6.07, 6.45) is 1.43. The predicted octanol–water partition coefficient (Wildman–Crippen LogP) is 3.67. The Morgan fingerprint density at radius 1 is 1.27 bits per heavy atom. The number of hydrogen-bond acceptors (Lipinski definition) is 5. The van der Waals surface area contributed by atoms with Crippen molar-refractivity contribution in [2.45, 2.75) is 6.61 Å². The third kappa shape index (κ3) is 4.92. The Bertz CT molecular complexity index is 1040. The number of urea groups is 1. The van der Waals surface area contributed by atoms with Crippen molar-refractivity contribution in [1.82, 2.24) is 10.2 Å². The van der Waals surface area contributed by atoms with Gasteiger partial charge in [-0.25, -0.2) is 9.69 Å². The van der Waals surface area contributed by atoms with Crippen molar-refractivity contribution in [1.29, 1.82) is 0 Å². The quantitative estimate of drug-likeness (QED) is 0.449. The summed E-state index contributed by atoms with van der Waals surface area (Å²) < 4.78 is 11.8. The molecule has 1 aliphatic heterocycles. The molecule has 0 unspecified atom stereocenters. The molecule has 3 amide bonds. The van der Waals surface area contributed by atoms with E-state index in [0.29, 0.717) is 31.5 Å². The lowest BCUT2D eigenvalue weighted by Crippen LogP contribution is -2.35. The number of hydrogen-bond donors (Lipinski definition) is 2. The zero-order valence-corrected chi connectivity index (χ0v) is 18.0. The van der Waals surface area contributed by atoms with Crippen LogP contribution in [0.5, 0.6) is 11.5 Å². The second-order valence-corrected chi connectivity index (χ2v) is 7.51. The highest BCUT2D eigenvalue weighted by Gasteiger charge is 2.34. The predicted molar refractivity (Wildman–Crippen MR) is 112 cm³/mol. The van der Waals surface area contributed by atoms with Crippen molar-refractivity contribution < 1.29 is 29.0 Å². The summed E-state index contributed by atoms with van der Waals surface area (Å²) in [6, 6.07) is 9.75. The average molecular weight is 496 g/mol. The lowest BCUT2D eigenvalue weighted by molar-refractivity contribution is -0.140. The molecule has 1 fully saturated rings. The number of carbonyl (C=O) groups excluding carboxylic acids is 2. The molecule has 1 aliphatic rings. The molecule has 10 heteroatoms. The van der Waals surface area contributed by atoms with Gasteiger partial charge in [-0.05, 0) is 57.4 Å². The number of imide groups is 1. The number of carbonyl (C=O) groups is 3. The fourth-order valence-electron chi connectivity index (χ4n) is 2.72. The molecule has 2 aromatic carbocycles. The number of halogens is 2. The van der Waals surface area contributed by atoms with Crippen LogP contribution in [-0.4, -0.2) is 41.6 Å². The van der Waals surface area contributed by atoms with Crippen LogP contribution in [0.3, 0.4) is 0 Å². The third-order valence-corrected chi connectivity index (χ3v) is 4.96. The van der Waals surface area contributed by atoms with Gasteiger partial charge in [0.25, 0.3) is 5.91 Å². The number of benzene rings is 2. The van der Waals surface area contributed by atoms with Crippen LogP contribution in [0.15, 0.2) is 46.6 Å². The normalized spacial score (nSPS) is 14.8. The average Bonchev–Trinajstić information content (AvgIpc) is 2.95. The zero-order chi connectivity index (χ0) is 21.8. The van der Waals surface area contributed by atoms with Gasteiger partial charge in [0.05, 0.1) is 11.6 Å². The first kappa shape index (κ1) is 21.7. The molecule has 0 spiro atoms. The molecule has 2 aromatic rings.